The summed E-state index contributed by atoms with van der Waals surface area (Å²) in [7, 11) is 0. The average Bonchev–Trinajstić information content (AvgIpc) is 3.00. The van der Waals surface area contributed by atoms with Crippen LogP contribution in [0.4, 0.5) is 10.5 Å². The maximum absolute atomic E-state index is 13.1. The standard InChI is InChI=1S/C23H25N3O5/c1-15(2)12-16-8-6-9-19-18(16)13-17(25(19)22(28)31-23(3,4)5)14-24-11-7-10-20(21(24)27)26(29)30/h6-13H,14H2,1-5H3. The molecule has 0 saturated carbocycles. The van der Waals surface area contributed by atoms with E-state index >= 15 is 0 Å². The molecule has 2 aromatic heterocycles. The molecule has 3 rings (SSSR count). The second-order valence-corrected chi connectivity index (χ2v) is 8.54. The van der Waals surface area contributed by atoms with Crippen LogP contribution in [0.5, 0.6) is 0 Å². The van der Waals surface area contributed by atoms with Gasteiger partial charge in [0, 0.05) is 17.6 Å². The van der Waals surface area contributed by atoms with Gasteiger partial charge in [-0.2, -0.15) is 0 Å². The number of carbonyl (C=O) groups is 1. The number of nitro groups is 1. The maximum atomic E-state index is 13.1. The Morgan fingerprint density at radius 2 is 1.90 bits per heavy atom. The SMILES string of the molecule is CC(C)=Cc1cccc2c1cc(Cn1cccc([N+](=O)[O-])c1=O)n2C(=O)OC(C)(C)C. The van der Waals surface area contributed by atoms with Gasteiger partial charge in [-0.05, 0) is 58.4 Å². The van der Waals surface area contributed by atoms with Crippen LogP contribution in [0.2, 0.25) is 0 Å². The molecule has 0 saturated heterocycles. The zero-order chi connectivity index (χ0) is 22.9. The third kappa shape index (κ3) is 4.74. The van der Waals surface area contributed by atoms with Crippen molar-refractivity contribution in [1.29, 1.82) is 0 Å². The molecule has 0 spiro atoms. The van der Waals surface area contributed by atoms with E-state index in [-0.39, 0.29) is 6.54 Å². The Morgan fingerprint density at radius 1 is 1.19 bits per heavy atom. The molecule has 3 aromatic rings. The molecule has 0 atom stereocenters. The molecule has 0 radical (unpaired) electrons. The van der Waals surface area contributed by atoms with E-state index in [4.69, 9.17) is 4.74 Å². The fraction of sp³-hybridized carbons (Fsp3) is 0.304. The van der Waals surface area contributed by atoms with E-state index in [1.54, 1.807) is 26.8 Å². The van der Waals surface area contributed by atoms with Gasteiger partial charge in [-0.15, -0.1) is 0 Å². The summed E-state index contributed by atoms with van der Waals surface area (Å²) < 4.78 is 8.24. The van der Waals surface area contributed by atoms with Gasteiger partial charge in [0.25, 0.3) is 0 Å². The van der Waals surface area contributed by atoms with Crippen molar-refractivity contribution < 1.29 is 14.5 Å². The highest BCUT2D eigenvalue weighted by atomic mass is 16.6. The molecule has 31 heavy (non-hydrogen) atoms. The van der Waals surface area contributed by atoms with Crippen molar-refractivity contribution in [3.05, 3.63) is 79.9 Å². The number of hydrogen-bond acceptors (Lipinski definition) is 5. The smallest absolute Gasteiger partial charge is 0.419 e. The maximum Gasteiger partial charge on any atom is 0.419 e. The second-order valence-electron chi connectivity index (χ2n) is 8.54. The van der Waals surface area contributed by atoms with Crippen molar-refractivity contribution in [2.75, 3.05) is 0 Å². The van der Waals surface area contributed by atoms with Crippen LogP contribution in [0.3, 0.4) is 0 Å². The Kier molecular flexibility index (Phi) is 5.83. The Balaban J connectivity index is 2.23. The number of carbonyl (C=O) groups excluding carboxylic acids is 1. The summed E-state index contributed by atoms with van der Waals surface area (Å²) in [4.78, 5) is 36.0. The molecule has 1 aromatic carbocycles. The van der Waals surface area contributed by atoms with Gasteiger partial charge in [-0.25, -0.2) is 9.36 Å². The van der Waals surface area contributed by atoms with Gasteiger partial charge in [0.05, 0.1) is 22.7 Å². The summed E-state index contributed by atoms with van der Waals surface area (Å²) in [5, 5.41) is 12.0. The number of benzene rings is 1. The van der Waals surface area contributed by atoms with Crippen molar-refractivity contribution in [2.24, 2.45) is 0 Å². The van der Waals surface area contributed by atoms with E-state index < -0.39 is 27.9 Å². The summed E-state index contributed by atoms with van der Waals surface area (Å²) in [5.41, 5.74) is 1.16. The summed E-state index contributed by atoms with van der Waals surface area (Å²) >= 11 is 0. The summed E-state index contributed by atoms with van der Waals surface area (Å²) in [6, 6.07) is 10.0. The van der Waals surface area contributed by atoms with Crippen molar-refractivity contribution in [3.63, 3.8) is 0 Å². The lowest BCUT2D eigenvalue weighted by molar-refractivity contribution is -0.386. The third-order valence-electron chi connectivity index (χ3n) is 4.51. The minimum absolute atomic E-state index is 0.0251. The predicted molar refractivity (Wildman–Crippen MR) is 119 cm³/mol. The van der Waals surface area contributed by atoms with E-state index in [1.165, 1.54) is 21.4 Å². The highest BCUT2D eigenvalue weighted by Gasteiger charge is 2.24. The van der Waals surface area contributed by atoms with Crippen molar-refractivity contribution in [3.8, 4) is 0 Å². The van der Waals surface area contributed by atoms with Gasteiger partial charge in [0.2, 0.25) is 0 Å². The zero-order valence-corrected chi connectivity index (χ0v) is 18.2. The molecule has 0 aliphatic rings. The van der Waals surface area contributed by atoms with Gasteiger partial charge >= 0.3 is 17.3 Å². The number of fused-ring (bicyclic) bond motifs is 1. The molecule has 0 fully saturated rings. The molecule has 2 heterocycles. The van der Waals surface area contributed by atoms with E-state index in [1.807, 2.05) is 38.1 Å². The highest BCUT2D eigenvalue weighted by molar-refractivity contribution is 5.96. The van der Waals surface area contributed by atoms with E-state index in [2.05, 4.69) is 0 Å². The number of ether oxygens (including phenoxy) is 1. The van der Waals surface area contributed by atoms with Gasteiger partial charge in [0.15, 0.2) is 0 Å². The lowest BCUT2D eigenvalue weighted by Crippen LogP contribution is -2.29. The molecule has 0 aliphatic heterocycles. The number of allylic oxidation sites excluding steroid dienone is 1. The zero-order valence-electron chi connectivity index (χ0n) is 18.2. The Bertz CT molecular complexity index is 1250. The van der Waals surface area contributed by atoms with Crippen LogP contribution in [-0.4, -0.2) is 25.8 Å². The minimum Gasteiger partial charge on any atom is -0.443 e. The van der Waals surface area contributed by atoms with Crippen LogP contribution >= 0.6 is 0 Å². The lowest BCUT2D eigenvalue weighted by Gasteiger charge is -2.21. The van der Waals surface area contributed by atoms with Crippen LogP contribution in [0.15, 0.2) is 53.0 Å². The van der Waals surface area contributed by atoms with Crippen LogP contribution in [0.25, 0.3) is 17.0 Å². The summed E-state index contributed by atoms with van der Waals surface area (Å²) in [5.74, 6) is 0. The first kappa shape index (κ1) is 22.0. The first-order valence-electron chi connectivity index (χ1n) is 9.83. The normalized spacial score (nSPS) is 11.4. The first-order valence-corrected chi connectivity index (χ1v) is 9.83. The van der Waals surface area contributed by atoms with Gasteiger partial charge < -0.3 is 9.30 Å². The van der Waals surface area contributed by atoms with Crippen LogP contribution in [-0.2, 0) is 11.3 Å². The molecule has 0 N–H and O–H groups in total. The average molecular weight is 423 g/mol. The number of aromatic nitrogens is 2. The Morgan fingerprint density at radius 3 is 2.52 bits per heavy atom. The largest absolute Gasteiger partial charge is 0.443 e. The number of pyridine rings is 1. The van der Waals surface area contributed by atoms with E-state index in [0.29, 0.717) is 11.2 Å². The van der Waals surface area contributed by atoms with Gasteiger partial charge in [-0.1, -0.05) is 23.8 Å². The fourth-order valence-electron chi connectivity index (χ4n) is 3.35. The molecule has 0 amide bonds. The summed E-state index contributed by atoms with van der Waals surface area (Å²) in [6.07, 6.45) is 2.89. The van der Waals surface area contributed by atoms with Crippen LogP contribution < -0.4 is 5.56 Å². The van der Waals surface area contributed by atoms with Gasteiger partial charge in [0.1, 0.15) is 5.60 Å². The van der Waals surface area contributed by atoms with Crippen molar-refractivity contribution >= 4 is 28.8 Å². The summed E-state index contributed by atoms with van der Waals surface area (Å²) in [6.45, 7) is 9.25. The van der Waals surface area contributed by atoms with Crippen molar-refractivity contribution in [1.82, 2.24) is 9.13 Å². The number of hydrogen-bond donors (Lipinski definition) is 0. The van der Waals surface area contributed by atoms with Gasteiger partial charge in [-0.3, -0.25) is 14.9 Å². The quantitative estimate of drug-likeness (QED) is 0.436. The molecule has 8 heteroatoms. The van der Waals surface area contributed by atoms with Crippen molar-refractivity contribution in [2.45, 2.75) is 46.8 Å². The molecular formula is C23H25N3O5. The van der Waals surface area contributed by atoms with E-state index in [9.17, 15) is 19.7 Å². The monoisotopic (exact) mass is 423 g/mol. The molecule has 8 nitrogen and oxygen atoms in total. The fourth-order valence-corrected chi connectivity index (χ4v) is 3.35. The molecule has 0 aliphatic carbocycles. The number of rotatable bonds is 4. The predicted octanol–water partition coefficient (Wildman–Crippen LogP) is 4.97. The third-order valence-corrected chi connectivity index (χ3v) is 4.51. The molecular weight excluding hydrogens is 398 g/mol. The minimum atomic E-state index is -0.738. The lowest BCUT2D eigenvalue weighted by atomic mass is 10.1. The number of nitrogens with zero attached hydrogens (tertiary/aromatic N) is 3. The molecule has 162 valence electrons. The second kappa shape index (κ2) is 8.22. The molecule has 0 bridgehead atoms. The molecule has 0 unspecified atom stereocenters. The van der Waals surface area contributed by atoms with E-state index in [0.717, 1.165) is 22.6 Å². The Hall–Kier alpha value is -3.68. The first-order chi connectivity index (χ1) is 14.5. The topological polar surface area (TPSA) is 96.4 Å². The van der Waals surface area contributed by atoms with Crippen LogP contribution in [0, 0.1) is 10.1 Å². The Labute approximate surface area is 179 Å². The van der Waals surface area contributed by atoms with Crippen LogP contribution in [0.1, 0.15) is 45.9 Å². The highest BCUT2D eigenvalue weighted by Crippen LogP contribution is 2.27.